The van der Waals surface area contributed by atoms with E-state index in [9.17, 15) is 0 Å². The Bertz CT molecular complexity index is 314. The number of rotatable bonds is 5. The van der Waals surface area contributed by atoms with Gasteiger partial charge >= 0.3 is 0 Å². The van der Waals surface area contributed by atoms with Crippen molar-refractivity contribution in [2.75, 3.05) is 26.6 Å². The highest BCUT2D eigenvalue weighted by molar-refractivity contribution is 6.18. The van der Waals surface area contributed by atoms with Gasteiger partial charge in [-0.1, -0.05) is 17.7 Å². The number of methoxy groups -OCH3 is 1. The molecule has 0 aliphatic rings. The van der Waals surface area contributed by atoms with Crippen LogP contribution < -0.4 is 4.74 Å². The zero-order chi connectivity index (χ0) is 11.3. The van der Waals surface area contributed by atoms with E-state index in [0.717, 1.165) is 18.8 Å². The molecule has 0 heterocycles. The Hall–Kier alpha value is -0.730. The summed E-state index contributed by atoms with van der Waals surface area (Å²) in [5.74, 6) is 1.60. The molecule has 0 aromatic heterocycles. The van der Waals surface area contributed by atoms with Crippen molar-refractivity contribution in [3.63, 3.8) is 0 Å². The highest BCUT2D eigenvalue weighted by Gasteiger charge is 2.05. The van der Waals surface area contributed by atoms with E-state index < -0.39 is 0 Å². The lowest BCUT2D eigenvalue weighted by Gasteiger charge is -2.17. The predicted octanol–water partition coefficient (Wildman–Crippen LogP) is 2.67. The first-order chi connectivity index (χ1) is 7.17. The number of nitrogens with zero attached hydrogens (tertiary/aromatic N) is 1. The normalized spacial score (nSPS) is 10.7. The van der Waals surface area contributed by atoms with Gasteiger partial charge in [0.15, 0.2) is 0 Å². The van der Waals surface area contributed by atoms with Gasteiger partial charge in [-0.25, -0.2) is 0 Å². The minimum atomic E-state index is 0.657. The fourth-order valence-electron chi connectivity index (χ4n) is 1.55. The van der Waals surface area contributed by atoms with Gasteiger partial charge in [0, 0.05) is 24.5 Å². The molecule has 84 valence electrons. The average molecular weight is 228 g/mol. The van der Waals surface area contributed by atoms with Gasteiger partial charge in [0.2, 0.25) is 0 Å². The summed E-state index contributed by atoms with van der Waals surface area (Å²) in [5, 5.41) is 0. The summed E-state index contributed by atoms with van der Waals surface area (Å²) >= 11 is 5.69. The number of hydrogen-bond donors (Lipinski definition) is 0. The third kappa shape index (κ3) is 3.73. The van der Waals surface area contributed by atoms with Gasteiger partial charge in [-0.15, -0.1) is 11.6 Å². The van der Waals surface area contributed by atoms with E-state index in [4.69, 9.17) is 16.3 Å². The lowest BCUT2D eigenvalue weighted by molar-refractivity contribution is 0.334. The van der Waals surface area contributed by atoms with Crippen LogP contribution in [0.15, 0.2) is 18.2 Å². The minimum absolute atomic E-state index is 0.657. The summed E-state index contributed by atoms with van der Waals surface area (Å²) in [7, 11) is 3.76. The average Bonchev–Trinajstić information content (AvgIpc) is 2.18. The number of alkyl halides is 1. The second kappa shape index (κ2) is 5.99. The van der Waals surface area contributed by atoms with Crippen LogP contribution in [0.25, 0.3) is 0 Å². The Labute approximate surface area is 96.8 Å². The first-order valence-electron chi connectivity index (χ1n) is 5.05. The Morgan fingerprint density at radius 3 is 2.73 bits per heavy atom. The third-order valence-electron chi connectivity index (χ3n) is 2.34. The zero-order valence-electron chi connectivity index (χ0n) is 9.59. The van der Waals surface area contributed by atoms with Crippen molar-refractivity contribution >= 4 is 11.6 Å². The van der Waals surface area contributed by atoms with Gasteiger partial charge in [-0.05, 0) is 20.0 Å². The Kier molecular flexibility index (Phi) is 4.92. The molecule has 3 heteroatoms. The van der Waals surface area contributed by atoms with Gasteiger partial charge in [0.05, 0.1) is 7.11 Å². The van der Waals surface area contributed by atoms with E-state index in [-0.39, 0.29) is 0 Å². The van der Waals surface area contributed by atoms with Crippen molar-refractivity contribution in [3.8, 4) is 5.75 Å². The fourth-order valence-corrected chi connectivity index (χ4v) is 1.83. The van der Waals surface area contributed by atoms with Crippen LogP contribution in [0.3, 0.4) is 0 Å². The van der Waals surface area contributed by atoms with Crippen molar-refractivity contribution in [1.29, 1.82) is 0 Å². The highest BCUT2D eigenvalue weighted by atomic mass is 35.5. The van der Waals surface area contributed by atoms with Crippen LogP contribution in [0.1, 0.15) is 11.1 Å². The lowest BCUT2D eigenvalue weighted by Crippen LogP contribution is -2.20. The third-order valence-corrected chi connectivity index (χ3v) is 2.51. The molecule has 15 heavy (non-hydrogen) atoms. The molecule has 0 unspecified atom stereocenters. The number of aryl methyl sites for hydroxylation is 1. The van der Waals surface area contributed by atoms with Crippen molar-refractivity contribution < 1.29 is 4.74 Å². The molecule has 0 radical (unpaired) electrons. The monoisotopic (exact) mass is 227 g/mol. The van der Waals surface area contributed by atoms with Gasteiger partial charge < -0.3 is 9.64 Å². The molecule has 0 saturated heterocycles. The van der Waals surface area contributed by atoms with Gasteiger partial charge in [0.1, 0.15) is 5.75 Å². The highest BCUT2D eigenvalue weighted by Crippen LogP contribution is 2.20. The van der Waals surface area contributed by atoms with E-state index in [2.05, 4.69) is 31.0 Å². The molecule has 0 saturated carbocycles. The molecular weight excluding hydrogens is 210 g/mol. The molecule has 0 amide bonds. The molecular formula is C12H18ClNO. The summed E-state index contributed by atoms with van der Waals surface area (Å²) in [6, 6.07) is 6.23. The lowest BCUT2D eigenvalue weighted by atomic mass is 10.1. The van der Waals surface area contributed by atoms with E-state index >= 15 is 0 Å². The zero-order valence-corrected chi connectivity index (χ0v) is 10.3. The van der Waals surface area contributed by atoms with Crippen LogP contribution in [-0.4, -0.2) is 31.5 Å². The molecule has 0 atom stereocenters. The van der Waals surface area contributed by atoms with Gasteiger partial charge in [-0.2, -0.15) is 0 Å². The molecule has 2 nitrogen and oxygen atoms in total. The van der Waals surface area contributed by atoms with E-state index in [1.54, 1.807) is 7.11 Å². The second-order valence-electron chi connectivity index (χ2n) is 3.74. The maximum absolute atomic E-state index is 5.69. The molecule has 0 bridgehead atoms. The van der Waals surface area contributed by atoms with Crippen LogP contribution in [0.4, 0.5) is 0 Å². The molecule has 0 aliphatic heterocycles. The van der Waals surface area contributed by atoms with Crippen LogP contribution >= 0.6 is 11.6 Å². The molecule has 1 aromatic rings. The van der Waals surface area contributed by atoms with E-state index in [0.29, 0.717) is 5.88 Å². The van der Waals surface area contributed by atoms with Crippen molar-refractivity contribution in [1.82, 2.24) is 4.90 Å². The van der Waals surface area contributed by atoms with Gasteiger partial charge in [-0.3, -0.25) is 0 Å². The first kappa shape index (κ1) is 12.3. The Morgan fingerprint density at radius 1 is 1.40 bits per heavy atom. The predicted molar refractivity (Wildman–Crippen MR) is 64.8 cm³/mol. The molecule has 0 fully saturated rings. The SMILES string of the molecule is COc1ccc(C)cc1CN(C)CCCl. The van der Waals surface area contributed by atoms with Crippen molar-refractivity contribution in [3.05, 3.63) is 29.3 Å². The maximum atomic E-state index is 5.69. The molecule has 1 aromatic carbocycles. The minimum Gasteiger partial charge on any atom is -0.496 e. The van der Waals surface area contributed by atoms with Crippen LogP contribution in [0.2, 0.25) is 0 Å². The summed E-state index contributed by atoms with van der Waals surface area (Å²) in [6.45, 7) is 3.85. The standard InChI is InChI=1S/C12H18ClNO/c1-10-4-5-12(15-3)11(8-10)9-14(2)7-6-13/h4-5,8H,6-7,9H2,1-3H3. The quantitative estimate of drug-likeness (QED) is 0.718. The molecule has 0 aliphatic carbocycles. The molecule has 0 spiro atoms. The summed E-state index contributed by atoms with van der Waals surface area (Å²) in [5.41, 5.74) is 2.47. The number of halogens is 1. The topological polar surface area (TPSA) is 12.5 Å². The van der Waals surface area contributed by atoms with Crippen LogP contribution in [0, 0.1) is 6.92 Å². The summed E-state index contributed by atoms with van der Waals surface area (Å²) in [4.78, 5) is 2.18. The van der Waals surface area contributed by atoms with Crippen molar-refractivity contribution in [2.24, 2.45) is 0 Å². The number of hydrogen-bond acceptors (Lipinski definition) is 2. The molecule has 1 rings (SSSR count). The maximum Gasteiger partial charge on any atom is 0.123 e. The second-order valence-corrected chi connectivity index (χ2v) is 4.12. The van der Waals surface area contributed by atoms with Crippen LogP contribution in [0.5, 0.6) is 5.75 Å². The number of benzene rings is 1. The summed E-state index contributed by atoms with van der Waals surface area (Å²) in [6.07, 6.45) is 0. The van der Waals surface area contributed by atoms with Gasteiger partial charge in [0.25, 0.3) is 0 Å². The van der Waals surface area contributed by atoms with Crippen molar-refractivity contribution in [2.45, 2.75) is 13.5 Å². The largest absolute Gasteiger partial charge is 0.496 e. The smallest absolute Gasteiger partial charge is 0.123 e. The number of ether oxygens (including phenoxy) is 1. The first-order valence-corrected chi connectivity index (χ1v) is 5.59. The fraction of sp³-hybridized carbons (Fsp3) is 0.500. The van der Waals surface area contributed by atoms with Crippen LogP contribution in [-0.2, 0) is 6.54 Å². The Balaban J connectivity index is 2.77. The van der Waals surface area contributed by atoms with E-state index in [1.807, 2.05) is 6.07 Å². The van der Waals surface area contributed by atoms with E-state index in [1.165, 1.54) is 11.1 Å². The molecule has 0 N–H and O–H groups in total. The summed E-state index contributed by atoms with van der Waals surface area (Å²) < 4.78 is 5.32. The Morgan fingerprint density at radius 2 is 2.13 bits per heavy atom.